The van der Waals surface area contributed by atoms with Gasteiger partial charge in [0.15, 0.2) is 0 Å². The van der Waals surface area contributed by atoms with Gasteiger partial charge in [-0.15, -0.1) is 0 Å². The van der Waals surface area contributed by atoms with Crippen LogP contribution in [-0.4, -0.2) is 72.3 Å². The molecule has 150 valence electrons. The summed E-state index contributed by atoms with van der Waals surface area (Å²) < 4.78 is 18.8. The molecule has 2 aromatic rings. The minimum absolute atomic E-state index is 0.278. The maximum absolute atomic E-state index is 13.4. The molecule has 4 rings (SSSR count). The third kappa shape index (κ3) is 4.56. The predicted octanol–water partition coefficient (Wildman–Crippen LogP) is 1.95. The van der Waals surface area contributed by atoms with E-state index < -0.39 is 0 Å². The second kappa shape index (κ2) is 8.79. The SMILES string of the molecule is CN(c1ccnc(N2CCOCC2)n1)C1CCCN(Cc2cncc(F)c2)C1. The third-order valence-corrected chi connectivity index (χ3v) is 5.48. The second-order valence-electron chi connectivity index (χ2n) is 7.47. The van der Waals surface area contributed by atoms with Crippen LogP contribution < -0.4 is 9.80 Å². The van der Waals surface area contributed by atoms with Gasteiger partial charge >= 0.3 is 0 Å². The van der Waals surface area contributed by atoms with Crippen LogP contribution in [0.25, 0.3) is 0 Å². The van der Waals surface area contributed by atoms with Crippen LogP contribution in [-0.2, 0) is 11.3 Å². The van der Waals surface area contributed by atoms with Gasteiger partial charge in [0, 0.05) is 51.7 Å². The first-order valence-corrected chi connectivity index (χ1v) is 9.89. The molecule has 2 aromatic heterocycles. The number of morpholine rings is 1. The quantitative estimate of drug-likeness (QED) is 0.778. The number of hydrogen-bond acceptors (Lipinski definition) is 7. The van der Waals surface area contributed by atoms with E-state index >= 15 is 0 Å². The summed E-state index contributed by atoms with van der Waals surface area (Å²) >= 11 is 0. The number of nitrogens with zero attached hydrogens (tertiary/aromatic N) is 6. The van der Waals surface area contributed by atoms with Gasteiger partial charge < -0.3 is 14.5 Å². The molecule has 0 aliphatic carbocycles. The van der Waals surface area contributed by atoms with Crippen LogP contribution in [0.2, 0.25) is 0 Å². The number of piperidine rings is 1. The maximum Gasteiger partial charge on any atom is 0.227 e. The van der Waals surface area contributed by atoms with Gasteiger partial charge in [0.25, 0.3) is 0 Å². The van der Waals surface area contributed by atoms with Crippen molar-refractivity contribution < 1.29 is 9.13 Å². The fourth-order valence-corrected chi connectivity index (χ4v) is 3.93. The summed E-state index contributed by atoms with van der Waals surface area (Å²) in [5.74, 6) is 1.43. The Kier molecular flexibility index (Phi) is 5.97. The number of rotatable bonds is 5. The van der Waals surface area contributed by atoms with Gasteiger partial charge in [-0.05, 0) is 37.1 Å². The highest BCUT2D eigenvalue weighted by atomic mass is 19.1. The zero-order valence-corrected chi connectivity index (χ0v) is 16.3. The van der Waals surface area contributed by atoms with Crippen molar-refractivity contribution in [1.29, 1.82) is 0 Å². The molecule has 0 saturated carbocycles. The predicted molar refractivity (Wildman–Crippen MR) is 106 cm³/mol. The van der Waals surface area contributed by atoms with E-state index in [0.29, 0.717) is 6.04 Å². The highest BCUT2D eigenvalue weighted by Gasteiger charge is 2.25. The van der Waals surface area contributed by atoms with Gasteiger partial charge in [-0.3, -0.25) is 9.88 Å². The Morgan fingerprint density at radius 2 is 2.11 bits per heavy atom. The minimum Gasteiger partial charge on any atom is -0.378 e. The first-order chi connectivity index (χ1) is 13.7. The molecule has 2 saturated heterocycles. The largest absolute Gasteiger partial charge is 0.378 e. The first kappa shape index (κ1) is 19.0. The summed E-state index contributed by atoms with van der Waals surface area (Å²) in [6.45, 7) is 5.75. The van der Waals surface area contributed by atoms with E-state index in [4.69, 9.17) is 9.72 Å². The van der Waals surface area contributed by atoms with Gasteiger partial charge in [0.05, 0.1) is 19.4 Å². The highest BCUT2D eigenvalue weighted by Crippen LogP contribution is 2.22. The molecule has 1 unspecified atom stereocenters. The summed E-state index contributed by atoms with van der Waals surface area (Å²) in [6.07, 6.45) is 7.06. The topological polar surface area (TPSA) is 57.6 Å². The molecular weight excluding hydrogens is 359 g/mol. The van der Waals surface area contributed by atoms with Gasteiger partial charge in [-0.1, -0.05) is 0 Å². The molecule has 7 nitrogen and oxygen atoms in total. The summed E-state index contributed by atoms with van der Waals surface area (Å²) in [5, 5.41) is 0. The number of halogens is 1. The van der Waals surface area contributed by atoms with E-state index in [9.17, 15) is 4.39 Å². The number of aromatic nitrogens is 3. The third-order valence-electron chi connectivity index (χ3n) is 5.48. The zero-order valence-electron chi connectivity index (χ0n) is 16.3. The Labute approximate surface area is 165 Å². The average molecular weight is 386 g/mol. The molecule has 28 heavy (non-hydrogen) atoms. The summed E-state index contributed by atoms with van der Waals surface area (Å²) in [7, 11) is 2.10. The number of likely N-dealkylation sites (tertiary alicyclic amines) is 1. The van der Waals surface area contributed by atoms with Crippen LogP contribution in [0.5, 0.6) is 0 Å². The Morgan fingerprint density at radius 3 is 2.93 bits per heavy atom. The fourth-order valence-electron chi connectivity index (χ4n) is 3.93. The Hall–Kier alpha value is -2.32. The lowest BCUT2D eigenvalue weighted by Crippen LogP contribution is -2.46. The number of hydrogen-bond donors (Lipinski definition) is 0. The molecule has 2 fully saturated rings. The van der Waals surface area contributed by atoms with Crippen LogP contribution in [0, 0.1) is 5.82 Å². The van der Waals surface area contributed by atoms with Gasteiger partial charge in [-0.25, -0.2) is 9.37 Å². The van der Waals surface area contributed by atoms with Crippen LogP contribution in [0.3, 0.4) is 0 Å². The molecule has 2 aliphatic heterocycles. The van der Waals surface area contributed by atoms with Gasteiger partial charge in [0.2, 0.25) is 5.95 Å². The summed E-state index contributed by atoms with van der Waals surface area (Å²) in [4.78, 5) is 20.0. The molecule has 1 atom stereocenters. The van der Waals surface area contributed by atoms with Crippen LogP contribution in [0.15, 0.2) is 30.7 Å². The van der Waals surface area contributed by atoms with E-state index in [-0.39, 0.29) is 5.82 Å². The molecule has 0 spiro atoms. The number of anilines is 2. The monoisotopic (exact) mass is 386 g/mol. The Balaban J connectivity index is 1.41. The lowest BCUT2D eigenvalue weighted by atomic mass is 10.0. The number of ether oxygens (including phenoxy) is 1. The van der Waals surface area contributed by atoms with E-state index in [1.807, 2.05) is 12.3 Å². The first-order valence-electron chi connectivity index (χ1n) is 9.89. The molecule has 4 heterocycles. The molecule has 0 amide bonds. The van der Waals surface area contributed by atoms with Crippen molar-refractivity contribution >= 4 is 11.8 Å². The lowest BCUT2D eigenvalue weighted by Gasteiger charge is -2.38. The van der Waals surface area contributed by atoms with E-state index in [1.165, 1.54) is 6.20 Å². The normalized spacial score (nSPS) is 20.9. The van der Waals surface area contributed by atoms with Crippen molar-refractivity contribution in [2.75, 3.05) is 56.2 Å². The van der Waals surface area contributed by atoms with Crippen molar-refractivity contribution in [2.24, 2.45) is 0 Å². The van der Waals surface area contributed by atoms with Gasteiger partial charge in [0.1, 0.15) is 11.6 Å². The molecule has 0 bridgehead atoms. The van der Waals surface area contributed by atoms with Crippen LogP contribution >= 0.6 is 0 Å². The van der Waals surface area contributed by atoms with Crippen molar-refractivity contribution in [2.45, 2.75) is 25.4 Å². The molecule has 0 radical (unpaired) electrons. The molecule has 2 aliphatic rings. The van der Waals surface area contributed by atoms with E-state index in [0.717, 1.165) is 76.1 Å². The van der Waals surface area contributed by atoms with E-state index in [1.54, 1.807) is 12.3 Å². The highest BCUT2D eigenvalue weighted by molar-refractivity contribution is 5.44. The van der Waals surface area contributed by atoms with Crippen molar-refractivity contribution in [1.82, 2.24) is 19.9 Å². The maximum atomic E-state index is 13.4. The number of pyridine rings is 1. The van der Waals surface area contributed by atoms with Crippen LogP contribution in [0.4, 0.5) is 16.2 Å². The second-order valence-corrected chi connectivity index (χ2v) is 7.47. The smallest absolute Gasteiger partial charge is 0.227 e. The molecular formula is C20H27FN6O. The lowest BCUT2D eigenvalue weighted by molar-refractivity contribution is 0.122. The van der Waals surface area contributed by atoms with Crippen molar-refractivity contribution in [3.63, 3.8) is 0 Å². The molecule has 0 N–H and O–H groups in total. The Morgan fingerprint density at radius 1 is 1.25 bits per heavy atom. The summed E-state index contributed by atoms with van der Waals surface area (Å²) in [5.41, 5.74) is 0.917. The minimum atomic E-state index is -0.278. The standard InChI is InChI=1S/C20H27FN6O/c1-25(19-4-5-23-20(24-19)27-7-9-28-10-8-27)18-3-2-6-26(15-18)14-16-11-17(21)13-22-12-16/h4-5,11-13,18H,2-3,6-10,14-15H2,1H3. The van der Waals surface area contributed by atoms with Crippen molar-refractivity contribution in [3.8, 4) is 0 Å². The zero-order chi connectivity index (χ0) is 19.3. The summed E-state index contributed by atoms with van der Waals surface area (Å²) in [6, 6.07) is 3.90. The van der Waals surface area contributed by atoms with E-state index in [2.05, 4.69) is 31.7 Å². The fraction of sp³-hybridized carbons (Fsp3) is 0.550. The Bertz CT molecular complexity index is 785. The number of likely N-dealkylation sites (N-methyl/N-ethyl adjacent to an activating group) is 1. The molecule has 8 heteroatoms. The van der Waals surface area contributed by atoms with Gasteiger partial charge in [-0.2, -0.15) is 4.98 Å². The van der Waals surface area contributed by atoms with Crippen molar-refractivity contribution in [3.05, 3.63) is 42.1 Å². The molecule has 0 aromatic carbocycles. The average Bonchev–Trinajstić information content (AvgIpc) is 2.74. The van der Waals surface area contributed by atoms with Crippen LogP contribution in [0.1, 0.15) is 18.4 Å².